The molecule has 0 spiro atoms. The summed E-state index contributed by atoms with van der Waals surface area (Å²) in [6.07, 6.45) is -0.694. The molecule has 28 heavy (non-hydrogen) atoms. The number of ether oxygens (including phenoxy) is 2. The summed E-state index contributed by atoms with van der Waals surface area (Å²) in [5.74, 6) is 0.494. The molecule has 0 aliphatic carbocycles. The summed E-state index contributed by atoms with van der Waals surface area (Å²) >= 11 is 3.48. The number of morpholine rings is 1. The van der Waals surface area contributed by atoms with Crippen molar-refractivity contribution in [1.82, 2.24) is 4.90 Å². The molecule has 1 fully saturated rings. The minimum atomic E-state index is -0.665. The highest BCUT2D eigenvalue weighted by atomic mass is 79.9. The molecular formula is C19H22BrClN2O5. The quantitative estimate of drug-likeness (QED) is 0.489. The molecule has 1 aliphatic heterocycles. The largest absolute Gasteiger partial charge is 0.491 e. The lowest BCUT2D eigenvalue weighted by Crippen LogP contribution is -2.43. The van der Waals surface area contributed by atoms with Crippen LogP contribution < -0.4 is 4.74 Å². The predicted molar refractivity (Wildman–Crippen MR) is 111 cm³/mol. The number of nitro groups is 1. The second-order valence-electron chi connectivity index (χ2n) is 6.39. The van der Waals surface area contributed by atoms with E-state index in [1.54, 1.807) is 0 Å². The van der Waals surface area contributed by atoms with Gasteiger partial charge in [0.05, 0.1) is 17.6 Å². The maximum absolute atomic E-state index is 10.7. The lowest BCUT2D eigenvalue weighted by molar-refractivity contribution is -0.384. The van der Waals surface area contributed by atoms with Crippen LogP contribution in [0.5, 0.6) is 5.75 Å². The number of rotatable bonds is 7. The fraction of sp³-hybridized carbons (Fsp3) is 0.368. The van der Waals surface area contributed by atoms with Crippen LogP contribution in [0.25, 0.3) is 0 Å². The molecule has 2 aromatic carbocycles. The second-order valence-corrected chi connectivity index (χ2v) is 7.31. The number of halogens is 2. The third-order valence-corrected chi connectivity index (χ3v) is 4.82. The minimum absolute atomic E-state index is 0. The van der Waals surface area contributed by atoms with Crippen LogP contribution in [0, 0.1) is 10.1 Å². The van der Waals surface area contributed by atoms with E-state index in [0.29, 0.717) is 25.4 Å². The minimum Gasteiger partial charge on any atom is -0.491 e. The van der Waals surface area contributed by atoms with E-state index >= 15 is 0 Å². The van der Waals surface area contributed by atoms with Crippen molar-refractivity contribution in [3.63, 3.8) is 0 Å². The summed E-state index contributed by atoms with van der Waals surface area (Å²) < 4.78 is 12.4. The number of hydrogen-bond acceptors (Lipinski definition) is 6. The number of aliphatic hydroxyl groups excluding tert-OH is 1. The van der Waals surface area contributed by atoms with Crippen molar-refractivity contribution in [2.75, 3.05) is 32.8 Å². The Bertz CT molecular complexity index is 777. The lowest BCUT2D eigenvalue weighted by Gasteiger charge is -2.34. The Kier molecular flexibility index (Phi) is 8.65. The molecule has 2 unspecified atom stereocenters. The van der Waals surface area contributed by atoms with Gasteiger partial charge in [-0.15, -0.1) is 12.4 Å². The van der Waals surface area contributed by atoms with Gasteiger partial charge in [-0.2, -0.15) is 0 Å². The van der Waals surface area contributed by atoms with Crippen molar-refractivity contribution in [1.29, 1.82) is 0 Å². The van der Waals surface area contributed by atoms with Gasteiger partial charge in [0.1, 0.15) is 18.5 Å². The molecular weight excluding hydrogens is 452 g/mol. The lowest BCUT2D eigenvalue weighted by atomic mass is 10.1. The van der Waals surface area contributed by atoms with Crippen molar-refractivity contribution in [2.45, 2.75) is 12.2 Å². The number of hydrogen-bond donors (Lipinski definition) is 1. The van der Waals surface area contributed by atoms with Gasteiger partial charge < -0.3 is 14.6 Å². The van der Waals surface area contributed by atoms with Crippen LogP contribution in [0.2, 0.25) is 0 Å². The third kappa shape index (κ3) is 6.42. The fourth-order valence-electron chi connectivity index (χ4n) is 2.98. The number of aliphatic hydroxyl groups is 1. The Morgan fingerprint density at radius 1 is 1.32 bits per heavy atom. The van der Waals surface area contributed by atoms with E-state index in [2.05, 4.69) is 20.8 Å². The van der Waals surface area contributed by atoms with E-state index in [0.717, 1.165) is 16.6 Å². The summed E-state index contributed by atoms with van der Waals surface area (Å²) in [5, 5.41) is 20.9. The molecule has 0 radical (unpaired) electrons. The van der Waals surface area contributed by atoms with Gasteiger partial charge in [-0.05, 0) is 29.8 Å². The van der Waals surface area contributed by atoms with E-state index in [4.69, 9.17) is 9.47 Å². The number of benzene rings is 2. The Labute approximate surface area is 177 Å². The van der Waals surface area contributed by atoms with Crippen molar-refractivity contribution in [2.24, 2.45) is 0 Å². The SMILES string of the molecule is Cl.O=[N+]([O-])c1ccc(OCC(O)CN2CCOC(c3cccc(Br)c3)C2)cc1. The van der Waals surface area contributed by atoms with E-state index in [1.165, 1.54) is 24.3 Å². The van der Waals surface area contributed by atoms with Crippen LogP contribution >= 0.6 is 28.3 Å². The molecule has 1 N–H and O–H groups in total. The molecule has 1 saturated heterocycles. The number of nitro benzene ring substituents is 1. The van der Waals surface area contributed by atoms with E-state index in [9.17, 15) is 15.2 Å². The average molecular weight is 474 g/mol. The highest BCUT2D eigenvalue weighted by Crippen LogP contribution is 2.25. The maximum Gasteiger partial charge on any atom is 0.269 e. The summed E-state index contributed by atoms with van der Waals surface area (Å²) in [6, 6.07) is 13.9. The molecule has 2 aromatic rings. The molecule has 0 bridgehead atoms. The highest BCUT2D eigenvalue weighted by molar-refractivity contribution is 9.10. The smallest absolute Gasteiger partial charge is 0.269 e. The molecule has 0 saturated carbocycles. The van der Waals surface area contributed by atoms with E-state index in [1.807, 2.05) is 24.3 Å². The van der Waals surface area contributed by atoms with Gasteiger partial charge in [-0.25, -0.2) is 0 Å². The van der Waals surface area contributed by atoms with Gasteiger partial charge in [0.15, 0.2) is 0 Å². The van der Waals surface area contributed by atoms with Gasteiger partial charge in [0.25, 0.3) is 5.69 Å². The normalized spacial score (nSPS) is 18.1. The topological polar surface area (TPSA) is 85.1 Å². The zero-order chi connectivity index (χ0) is 19.2. The van der Waals surface area contributed by atoms with E-state index in [-0.39, 0.29) is 30.8 Å². The Morgan fingerprint density at radius 3 is 2.75 bits per heavy atom. The summed E-state index contributed by atoms with van der Waals surface area (Å²) in [5.41, 5.74) is 1.11. The molecule has 7 nitrogen and oxygen atoms in total. The van der Waals surface area contributed by atoms with Crippen LogP contribution in [-0.4, -0.2) is 53.9 Å². The number of nitrogens with zero attached hydrogens (tertiary/aromatic N) is 2. The zero-order valence-corrected chi connectivity index (χ0v) is 17.5. The maximum atomic E-state index is 10.7. The number of β-amino-alcohol motifs (C(OH)–C–C–N with tert-alkyl or cyclic N) is 1. The van der Waals surface area contributed by atoms with Crippen molar-refractivity contribution in [3.8, 4) is 5.75 Å². The average Bonchev–Trinajstić information content (AvgIpc) is 2.67. The third-order valence-electron chi connectivity index (χ3n) is 4.33. The number of non-ortho nitro benzene ring substituents is 1. The molecule has 9 heteroatoms. The van der Waals surface area contributed by atoms with Crippen LogP contribution in [0.1, 0.15) is 11.7 Å². The standard InChI is InChI=1S/C19H21BrN2O5.ClH/c20-15-3-1-2-14(10-15)19-12-21(8-9-26-19)11-17(23)13-27-18-6-4-16(5-7-18)22(24)25;/h1-7,10,17,19,23H,8-9,11-13H2;1H. The first-order valence-electron chi connectivity index (χ1n) is 8.66. The van der Waals surface area contributed by atoms with Gasteiger partial charge in [-0.3, -0.25) is 15.0 Å². The first-order chi connectivity index (χ1) is 13.0. The van der Waals surface area contributed by atoms with Gasteiger partial charge in [0, 0.05) is 36.2 Å². The molecule has 1 aliphatic rings. The molecule has 1 heterocycles. The predicted octanol–water partition coefficient (Wildman–Crippen LogP) is 3.59. The Balaban J connectivity index is 0.00000280. The van der Waals surface area contributed by atoms with Crippen LogP contribution in [0.15, 0.2) is 53.0 Å². The van der Waals surface area contributed by atoms with Crippen molar-refractivity contribution >= 4 is 34.0 Å². The van der Waals surface area contributed by atoms with Crippen LogP contribution in [0.4, 0.5) is 5.69 Å². The monoisotopic (exact) mass is 472 g/mol. The van der Waals surface area contributed by atoms with Gasteiger partial charge >= 0.3 is 0 Å². The fourth-order valence-corrected chi connectivity index (χ4v) is 3.40. The van der Waals surface area contributed by atoms with E-state index < -0.39 is 11.0 Å². The summed E-state index contributed by atoms with van der Waals surface area (Å²) in [6.45, 7) is 2.65. The Morgan fingerprint density at radius 2 is 2.07 bits per heavy atom. The van der Waals surface area contributed by atoms with Gasteiger partial charge in [0.2, 0.25) is 0 Å². The van der Waals surface area contributed by atoms with Crippen molar-refractivity contribution < 1.29 is 19.5 Å². The zero-order valence-electron chi connectivity index (χ0n) is 15.1. The van der Waals surface area contributed by atoms with Crippen molar-refractivity contribution in [3.05, 3.63) is 68.7 Å². The van der Waals surface area contributed by atoms with Crippen LogP contribution in [0.3, 0.4) is 0 Å². The second kappa shape index (κ2) is 10.7. The molecule has 0 aromatic heterocycles. The first kappa shape index (κ1) is 22.6. The highest BCUT2D eigenvalue weighted by Gasteiger charge is 2.24. The molecule has 0 amide bonds. The first-order valence-corrected chi connectivity index (χ1v) is 9.45. The molecule has 2 atom stereocenters. The summed E-state index contributed by atoms with van der Waals surface area (Å²) in [7, 11) is 0. The summed E-state index contributed by atoms with van der Waals surface area (Å²) in [4.78, 5) is 12.3. The molecule has 152 valence electrons. The van der Waals surface area contributed by atoms with Gasteiger partial charge in [-0.1, -0.05) is 28.1 Å². The molecule has 3 rings (SSSR count). The Hall–Kier alpha value is -1.71. The van der Waals surface area contributed by atoms with Crippen LogP contribution in [-0.2, 0) is 4.74 Å².